The Morgan fingerprint density at radius 3 is 2.58 bits per heavy atom. The van der Waals surface area contributed by atoms with Gasteiger partial charge in [0.15, 0.2) is 0 Å². The Morgan fingerprint density at radius 2 is 2.25 bits per heavy atom. The van der Waals surface area contributed by atoms with E-state index >= 15 is 0 Å². The molecule has 1 unspecified atom stereocenters. The van der Waals surface area contributed by atoms with Crippen molar-refractivity contribution in [3.63, 3.8) is 0 Å². The molecule has 0 rings (SSSR count). The van der Waals surface area contributed by atoms with Crippen molar-refractivity contribution in [2.45, 2.75) is 26.4 Å². The third-order valence-electron chi connectivity index (χ3n) is 1.64. The number of nitrogens with two attached hydrogens (primary N) is 1. The summed E-state index contributed by atoms with van der Waals surface area (Å²) in [5.41, 5.74) is 5.37. The van der Waals surface area contributed by atoms with Gasteiger partial charge < -0.3 is 15.7 Å². The van der Waals surface area contributed by atoms with Crippen molar-refractivity contribution in [1.29, 1.82) is 0 Å². The van der Waals surface area contributed by atoms with E-state index in [0.717, 1.165) is 19.5 Å². The monoisotopic (exact) mass is 190 g/mol. The van der Waals surface area contributed by atoms with Crippen LogP contribution in [0.25, 0.3) is 0 Å². The van der Waals surface area contributed by atoms with Crippen LogP contribution in [0.1, 0.15) is 20.3 Å². The Kier molecular flexibility index (Phi) is 6.24. The van der Waals surface area contributed by atoms with Gasteiger partial charge in [-0.05, 0) is 13.5 Å². The zero-order chi connectivity index (χ0) is 9.56. The predicted octanol–water partition coefficient (Wildman–Crippen LogP) is 0.365. The molecule has 0 heterocycles. The van der Waals surface area contributed by atoms with E-state index in [9.17, 15) is 0 Å². The molecule has 3 nitrogen and oxygen atoms in total. The normalized spacial score (nSPS) is 13.3. The topological polar surface area (TPSA) is 49.5 Å². The van der Waals surface area contributed by atoms with Gasteiger partial charge in [0, 0.05) is 19.5 Å². The van der Waals surface area contributed by atoms with Gasteiger partial charge >= 0.3 is 0 Å². The molecule has 0 saturated heterocycles. The fourth-order valence-electron chi connectivity index (χ4n) is 1.02. The average molecular weight is 190 g/mol. The predicted molar refractivity (Wildman–Crippen MR) is 55.2 cm³/mol. The minimum Gasteiger partial charge on any atom is -0.393 e. The third-order valence-corrected chi connectivity index (χ3v) is 1.85. The number of aliphatic hydroxyl groups excluding tert-OH is 1. The Balaban J connectivity index is 3.60. The summed E-state index contributed by atoms with van der Waals surface area (Å²) in [5, 5.41) is 9.11. The molecule has 0 aliphatic carbocycles. The Morgan fingerprint density at radius 1 is 1.67 bits per heavy atom. The first-order valence-corrected chi connectivity index (χ1v) is 4.65. The molecule has 0 spiro atoms. The van der Waals surface area contributed by atoms with Crippen molar-refractivity contribution in [1.82, 2.24) is 4.90 Å². The standard InChI is InChI=1S/C8H18N2OS/c1-3-10(6-7(2)11)5-4-8(9)12/h7,11H,3-6H2,1-2H3,(H2,9,12). The molecule has 0 aromatic heterocycles. The fourth-order valence-corrected chi connectivity index (χ4v) is 1.11. The van der Waals surface area contributed by atoms with Gasteiger partial charge in [0.2, 0.25) is 0 Å². The van der Waals surface area contributed by atoms with Crippen LogP contribution in [-0.4, -0.2) is 40.7 Å². The highest BCUT2D eigenvalue weighted by Gasteiger charge is 2.05. The van der Waals surface area contributed by atoms with Crippen LogP contribution in [0.2, 0.25) is 0 Å². The average Bonchev–Trinajstić information content (AvgIpc) is 1.97. The molecule has 0 saturated carbocycles. The van der Waals surface area contributed by atoms with Crippen LogP contribution in [0.4, 0.5) is 0 Å². The molecule has 1 atom stereocenters. The smallest absolute Gasteiger partial charge is 0.0740 e. The van der Waals surface area contributed by atoms with E-state index in [1.807, 2.05) is 0 Å². The molecular weight excluding hydrogens is 172 g/mol. The number of likely N-dealkylation sites (N-methyl/N-ethyl adjacent to an activating group) is 1. The summed E-state index contributed by atoms with van der Waals surface area (Å²) in [6.45, 7) is 6.30. The first kappa shape index (κ1) is 11.8. The Labute approximate surface area is 79.5 Å². The summed E-state index contributed by atoms with van der Waals surface area (Å²) in [7, 11) is 0. The van der Waals surface area contributed by atoms with E-state index < -0.39 is 0 Å². The Hall–Kier alpha value is -0.190. The molecule has 0 fully saturated rings. The maximum absolute atomic E-state index is 9.11. The van der Waals surface area contributed by atoms with Crippen molar-refractivity contribution in [2.75, 3.05) is 19.6 Å². The van der Waals surface area contributed by atoms with E-state index in [0.29, 0.717) is 11.5 Å². The molecule has 0 bridgehead atoms. The molecule has 72 valence electrons. The lowest BCUT2D eigenvalue weighted by molar-refractivity contribution is 0.131. The molecule has 3 N–H and O–H groups in total. The second-order valence-corrected chi connectivity index (χ2v) is 3.48. The number of hydrogen-bond donors (Lipinski definition) is 2. The summed E-state index contributed by atoms with van der Waals surface area (Å²) < 4.78 is 0. The molecule has 12 heavy (non-hydrogen) atoms. The van der Waals surface area contributed by atoms with Crippen LogP contribution in [0.15, 0.2) is 0 Å². The van der Waals surface area contributed by atoms with Crippen LogP contribution < -0.4 is 5.73 Å². The number of aliphatic hydroxyl groups is 1. The minimum absolute atomic E-state index is 0.281. The summed E-state index contributed by atoms with van der Waals surface area (Å²) in [5.74, 6) is 0. The van der Waals surface area contributed by atoms with E-state index in [2.05, 4.69) is 11.8 Å². The maximum atomic E-state index is 9.11. The quantitative estimate of drug-likeness (QED) is 0.594. The number of thiocarbonyl (C=S) groups is 1. The third kappa shape index (κ3) is 6.52. The van der Waals surface area contributed by atoms with Crippen LogP contribution in [0.5, 0.6) is 0 Å². The molecule has 0 radical (unpaired) electrons. The Bertz CT molecular complexity index is 139. The highest BCUT2D eigenvalue weighted by Crippen LogP contribution is 1.94. The maximum Gasteiger partial charge on any atom is 0.0740 e. The molecule has 0 aliphatic heterocycles. The lowest BCUT2D eigenvalue weighted by atomic mass is 10.3. The molecule has 0 aromatic carbocycles. The molecular formula is C8H18N2OS. The van der Waals surface area contributed by atoms with Gasteiger partial charge in [-0.15, -0.1) is 0 Å². The number of rotatable bonds is 6. The summed E-state index contributed by atoms with van der Waals surface area (Å²) in [6, 6.07) is 0. The van der Waals surface area contributed by atoms with Gasteiger partial charge in [0.1, 0.15) is 0 Å². The fraction of sp³-hybridized carbons (Fsp3) is 0.875. The van der Waals surface area contributed by atoms with Crippen molar-refractivity contribution in [3.05, 3.63) is 0 Å². The summed E-state index contributed by atoms with van der Waals surface area (Å²) in [6.07, 6.45) is 0.451. The van der Waals surface area contributed by atoms with E-state index in [4.69, 9.17) is 23.1 Å². The second-order valence-electron chi connectivity index (χ2n) is 2.96. The summed E-state index contributed by atoms with van der Waals surface area (Å²) >= 11 is 4.76. The second kappa shape index (κ2) is 6.34. The highest BCUT2D eigenvalue weighted by molar-refractivity contribution is 7.80. The zero-order valence-electron chi connectivity index (χ0n) is 7.79. The van der Waals surface area contributed by atoms with Gasteiger partial charge in [0.05, 0.1) is 11.1 Å². The van der Waals surface area contributed by atoms with Gasteiger partial charge in [-0.3, -0.25) is 0 Å². The largest absolute Gasteiger partial charge is 0.393 e. The highest BCUT2D eigenvalue weighted by atomic mass is 32.1. The van der Waals surface area contributed by atoms with Gasteiger partial charge in [-0.25, -0.2) is 0 Å². The van der Waals surface area contributed by atoms with Crippen LogP contribution in [0.3, 0.4) is 0 Å². The van der Waals surface area contributed by atoms with Crippen LogP contribution in [-0.2, 0) is 0 Å². The van der Waals surface area contributed by atoms with E-state index in [1.165, 1.54) is 0 Å². The first-order valence-electron chi connectivity index (χ1n) is 4.25. The molecule has 4 heteroatoms. The molecule has 0 aromatic rings. The first-order chi connectivity index (χ1) is 5.56. The minimum atomic E-state index is -0.281. The number of hydrogen-bond acceptors (Lipinski definition) is 3. The van der Waals surface area contributed by atoms with Gasteiger partial charge in [-0.2, -0.15) is 0 Å². The van der Waals surface area contributed by atoms with Gasteiger partial charge in [-0.1, -0.05) is 19.1 Å². The zero-order valence-corrected chi connectivity index (χ0v) is 8.60. The van der Waals surface area contributed by atoms with Gasteiger partial charge in [0.25, 0.3) is 0 Å². The lowest BCUT2D eigenvalue weighted by Crippen LogP contribution is -2.33. The molecule has 0 aliphatic rings. The van der Waals surface area contributed by atoms with Crippen molar-refractivity contribution >= 4 is 17.2 Å². The van der Waals surface area contributed by atoms with Crippen LogP contribution in [0, 0.1) is 0 Å². The lowest BCUT2D eigenvalue weighted by Gasteiger charge is -2.21. The number of nitrogens with zero attached hydrogens (tertiary/aromatic N) is 1. The molecule has 0 amide bonds. The van der Waals surface area contributed by atoms with Crippen molar-refractivity contribution in [2.24, 2.45) is 5.73 Å². The van der Waals surface area contributed by atoms with Crippen LogP contribution >= 0.6 is 12.2 Å². The van der Waals surface area contributed by atoms with E-state index in [1.54, 1.807) is 6.92 Å². The van der Waals surface area contributed by atoms with Crippen molar-refractivity contribution < 1.29 is 5.11 Å². The summed E-state index contributed by atoms with van der Waals surface area (Å²) in [4.78, 5) is 2.67. The SMILES string of the molecule is CCN(CCC(N)=S)CC(C)O. The van der Waals surface area contributed by atoms with E-state index in [-0.39, 0.29) is 6.10 Å². The van der Waals surface area contributed by atoms with Crippen molar-refractivity contribution in [3.8, 4) is 0 Å².